The van der Waals surface area contributed by atoms with Crippen molar-refractivity contribution < 1.29 is 13.2 Å². The van der Waals surface area contributed by atoms with Crippen molar-refractivity contribution in [1.82, 2.24) is 0 Å². The van der Waals surface area contributed by atoms with Gasteiger partial charge in [-0.05, 0) is 68.3 Å². The maximum atomic E-state index is 13.1. The van der Waals surface area contributed by atoms with Gasteiger partial charge in [0.15, 0.2) is 0 Å². The van der Waals surface area contributed by atoms with E-state index in [1.165, 1.54) is 6.92 Å². The SMILES string of the molecule is CCN(CC)c1ccc(NS(=O)(=O)c2ccc3c(c2)C(C)(C)CN3C(C)=O)c(C)c1. The number of sulfonamides is 1. The van der Waals surface area contributed by atoms with Crippen molar-refractivity contribution >= 4 is 33.0 Å². The first kappa shape index (κ1) is 22.2. The number of aryl methyl sites for hydroxylation is 1. The average molecular weight is 430 g/mol. The summed E-state index contributed by atoms with van der Waals surface area (Å²) < 4.78 is 28.9. The minimum Gasteiger partial charge on any atom is -0.372 e. The monoisotopic (exact) mass is 429 g/mol. The molecule has 6 nitrogen and oxygen atoms in total. The number of benzene rings is 2. The van der Waals surface area contributed by atoms with Gasteiger partial charge in [-0.15, -0.1) is 0 Å². The highest BCUT2D eigenvalue weighted by molar-refractivity contribution is 7.92. The van der Waals surface area contributed by atoms with Gasteiger partial charge in [-0.3, -0.25) is 9.52 Å². The Bertz CT molecular complexity index is 1070. The lowest BCUT2D eigenvalue weighted by Gasteiger charge is -2.22. The third-order valence-corrected chi connectivity index (χ3v) is 7.18. The number of hydrogen-bond donors (Lipinski definition) is 1. The Morgan fingerprint density at radius 2 is 1.80 bits per heavy atom. The van der Waals surface area contributed by atoms with Crippen molar-refractivity contribution in [2.45, 2.75) is 51.9 Å². The van der Waals surface area contributed by atoms with E-state index >= 15 is 0 Å². The summed E-state index contributed by atoms with van der Waals surface area (Å²) in [5.74, 6) is -0.0422. The van der Waals surface area contributed by atoms with E-state index in [1.54, 1.807) is 23.1 Å². The zero-order chi connectivity index (χ0) is 22.3. The zero-order valence-electron chi connectivity index (χ0n) is 18.6. The zero-order valence-corrected chi connectivity index (χ0v) is 19.4. The summed E-state index contributed by atoms with van der Waals surface area (Å²) in [6, 6.07) is 10.7. The number of carbonyl (C=O) groups is 1. The fraction of sp³-hybridized carbons (Fsp3) is 0.435. The highest BCUT2D eigenvalue weighted by Gasteiger charge is 2.37. The average Bonchev–Trinajstić information content (AvgIpc) is 2.96. The van der Waals surface area contributed by atoms with Crippen LogP contribution in [-0.2, 0) is 20.2 Å². The van der Waals surface area contributed by atoms with Crippen LogP contribution in [0.5, 0.6) is 0 Å². The Morgan fingerprint density at radius 3 is 2.37 bits per heavy atom. The van der Waals surface area contributed by atoms with Crippen molar-refractivity contribution in [3.63, 3.8) is 0 Å². The topological polar surface area (TPSA) is 69.7 Å². The molecule has 0 unspecified atom stereocenters. The van der Waals surface area contributed by atoms with Crippen LogP contribution in [0.1, 0.15) is 45.7 Å². The number of rotatable bonds is 6. The van der Waals surface area contributed by atoms with Crippen LogP contribution in [0.4, 0.5) is 17.1 Å². The van der Waals surface area contributed by atoms with Crippen LogP contribution in [-0.4, -0.2) is 34.0 Å². The number of fused-ring (bicyclic) bond motifs is 1. The third-order valence-electron chi connectivity index (χ3n) is 5.81. The molecule has 0 saturated heterocycles. The quantitative estimate of drug-likeness (QED) is 0.744. The van der Waals surface area contributed by atoms with Gasteiger partial charge >= 0.3 is 0 Å². The summed E-state index contributed by atoms with van der Waals surface area (Å²) >= 11 is 0. The normalized spacial score (nSPS) is 15.1. The fourth-order valence-corrected chi connectivity index (χ4v) is 5.21. The van der Waals surface area contributed by atoms with Crippen molar-refractivity contribution in [3.05, 3.63) is 47.5 Å². The number of anilines is 3. The summed E-state index contributed by atoms with van der Waals surface area (Å²) in [7, 11) is -3.76. The second kappa shape index (κ2) is 7.95. The first-order valence-electron chi connectivity index (χ1n) is 10.3. The van der Waals surface area contributed by atoms with Crippen LogP contribution in [0, 0.1) is 6.92 Å². The molecule has 2 aromatic rings. The molecule has 0 saturated carbocycles. The van der Waals surface area contributed by atoms with Crippen molar-refractivity contribution in [2.24, 2.45) is 0 Å². The van der Waals surface area contributed by atoms with Crippen molar-refractivity contribution in [2.75, 3.05) is 34.2 Å². The lowest BCUT2D eigenvalue weighted by molar-refractivity contribution is -0.116. The van der Waals surface area contributed by atoms with Crippen LogP contribution in [0.2, 0.25) is 0 Å². The first-order valence-corrected chi connectivity index (χ1v) is 11.8. The lowest BCUT2D eigenvalue weighted by atomic mass is 9.87. The molecule has 0 bridgehead atoms. The molecule has 2 aromatic carbocycles. The molecule has 30 heavy (non-hydrogen) atoms. The molecule has 0 spiro atoms. The van der Waals surface area contributed by atoms with Crippen LogP contribution in [0.15, 0.2) is 41.3 Å². The summed E-state index contributed by atoms with van der Waals surface area (Å²) in [6.45, 7) is 14.0. The molecule has 0 aromatic heterocycles. The van der Waals surface area contributed by atoms with Gasteiger partial charge in [-0.1, -0.05) is 13.8 Å². The predicted octanol–water partition coefficient (Wildman–Crippen LogP) is 4.29. The van der Waals surface area contributed by atoms with Crippen molar-refractivity contribution in [1.29, 1.82) is 0 Å². The van der Waals surface area contributed by atoms with E-state index in [2.05, 4.69) is 23.5 Å². The summed E-state index contributed by atoms with van der Waals surface area (Å²) in [5.41, 5.74) is 3.85. The van der Waals surface area contributed by atoms with Gasteiger partial charge < -0.3 is 9.80 Å². The van der Waals surface area contributed by atoms with Crippen LogP contribution in [0.25, 0.3) is 0 Å². The highest BCUT2D eigenvalue weighted by atomic mass is 32.2. The smallest absolute Gasteiger partial charge is 0.261 e. The predicted molar refractivity (Wildman–Crippen MR) is 123 cm³/mol. The number of carbonyl (C=O) groups excluding carboxylic acids is 1. The van der Waals surface area contributed by atoms with Crippen molar-refractivity contribution in [3.8, 4) is 0 Å². The fourth-order valence-electron chi connectivity index (χ4n) is 4.06. The Labute approximate surface area is 179 Å². The summed E-state index contributed by atoms with van der Waals surface area (Å²) in [6.07, 6.45) is 0. The number of nitrogens with zero attached hydrogens (tertiary/aromatic N) is 2. The molecule has 1 amide bonds. The molecular formula is C23H31N3O3S. The van der Waals surface area contributed by atoms with Gasteiger partial charge in [0, 0.05) is 43.3 Å². The maximum absolute atomic E-state index is 13.1. The lowest BCUT2D eigenvalue weighted by Crippen LogP contribution is -2.31. The summed E-state index contributed by atoms with van der Waals surface area (Å²) in [5, 5.41) is 0. The van der Waals surface area contributed by atoms with Crippen LogP contribution >= 0.6 is 0 Å². The summed E-state index contributed by atoms with van der Waals surface area (Å²) in [4.78, 5) is 16.1. The molecule has 1 aliphatic rings. The Hall–Kier alpha value is -2.54. The van der Waals surface area contributed by atoms with Crippen LogP contribution in [0.3, 0.4) is 0 Å². The molecule has 0 atom stereocenters. The minimum absolute atomic E-state index is 0.0422. The highest BCUT2D eigenvalue weighted by Crippen LogP contribution is 2.41. The van der Waals surface area contributed by atoms with Crippen LogP contribution < -0.4 is 14.5 Å². The molecule has 1 N–H and O–H groups in total. The standard InChI is InChI=1S/C23H31N3O3S/c1-7-25(8-2)18-9-11-21(16(3)13-18)24-30(28,29)19-10-12-22-20(14-19)23(5,6)15-26(22)17(4)27/h9-14,24H,7-8,15H2,1-6H3. The first-order chi connectivity index (χ1) is 14.0. The second-order valence-electron chi connectivity index (χ2n) is 8.45. The Morgan fingerprint density at radius 1 is 1.13 bits per heavy atom. The molecule has 0 fully saturated rings. The minimum atomic E-state index is -3.76. The molecule has 0 radical (unpaired) electrons. The Kier molecular flexibility index (Phi) is 5.87. The number of hydrogen-bond acceptors (Lipinski definition) is 4. The van der Waals surface area contributed by atoms with Gasteiger partial charge in [0.1, 0.15) is 0 Å². The third kappa shape index (κ3) is 4.03. The van der Waals surface area contributed by atoms with Gasteiger partial charge in [-0.25, -0.2) is 8.42 Å². The molecule has 1 aliphatic heterocycles. The van der Waals surface area contributed by atoms with E-state index < -0.39 is 10.0 Å². The molecule has 0 aliphatic carbocycles. The van der Waals surface area contributed by atoms with Gasteiger partial charge in [0.25, 0.3) is 10.0 Å². The van der Waals surface area contributed by atoms with E-state index in [-0.39, 0.29) is 16.2 Å². The van der Waals surface area contributed by atoms with Gasteiger partial charge in [0.05, 0.1) is 10.6 Å². The van der Waals surface area contributed by atoms with Gasteiger partial charge in [-0.2, -0.15) is 0 Å². The second-order valence-corrected chi connectivity index (χ2v) is 10.1. The molecule has 7 heteroatoms. The molecule has 162 valence electrons. The molecular weight excluding hydrogens is 398 g/mol. The Balaban J connectivity index is 1.93. The molecule has 1 heterocycles. The van der Waals surface area contributed by atoms with E-state index in [9.17, 15) is 13.2 Å². The van der Waals surface area contributed by atoms with E-state index in [1.807, 2.05) is 39.0 Å². The largest absolute Gasteiger partial charge is 0.372 e. The van der Waals surface area contributed by atoms with E-state index in [4.69, 9.17) is 0 Å². The van der Waals surface area contributed by atoms with Gasteiger partial charge in [0.2, 0.25) is 5.91 Å². The van der Waals surface area contributed by atoms with E-state index in [0.717, 1.165) is 35.6 Å². The van der Waals surface area contributed by atoms with E-state index in [0.29, 0.717) is 12.2 Å². The number of amides is 1. The number of nitrogens with one attached hydrogen (secondary N) is 1. The molecule has 3 rings (SSSR count). The maximum Gasteiger partial charge on any atom is 0.261 e.